The maximum atomic E-state index is 11.6. The molecule has 2 nitrogen and oxygen atoms in total. The van der Waals surface area contributed by atoms with E-state index in [9.17, 15) is 8.42 Å². The first-order valence-corrected chi connectivity index (χ1v) is 10.2. The molecule has 0 spiro atoms. The lowest BCUT2D eigenvalue weighted by Gasteiger charge is -2.35. The van der Waals surface area contributed by atoms with Gasteiger partial charge in [-0.1, -0.05) is 39.0 Å². The molecule has 1 aliphatic heterocycles. The highest BCUT2D eigenvalue weighted by Crippen LogP contribution is 2.42. The van der Waals surface area contributed by atoms with Crippen LogP contribution in [0.25, 0.3) is 0 Å². The molecule has 0 bridgehead atoms. The first-order chi connectivity index (χ1) is 8.99. The maximum absolute atomic E-state index is 11.6. The number of hydrogen-bond acceptors (Lipinski definition) is 2. The second-order valence-electron chi connectivity index (χ2n) is 5.89. The lowest BCUT2D eigenvalue weighted by molar-refractivity contribution is 0.219. The molecule has 1 saturated heterocycles. The van der Waals surface area contributed by atoms with E-state index in [0.29, 0.717) is 17.5 Å². The molecule has 0 aromatic heterocycles. The summed E-state index contributed by atoms with van der Waals surface area (Å²) in [6.45, 7) is 2.20. The number of alkyl halides is 2. The largest absolute Gasteiger partial charge is 0.229 e. The Morgan fingerprint density at radius 1 is 1.11 bits per heavy atom. The molecule has 0 amide bonds. The zero-order valence-corrected chi connectivity index (χ0v) is 14.2. The molecule has 114 valence electrons. The molecule has 0 aliphatic carbocycles. The van der Waals surface area contributed by atoms with Gasteiger partial charge in [0.15, 0.2) is 9.84 Å². The van der Waals surface area contributed by atoms with Gasteiger partial charge in [0.25, 0.3) is 0 Å². The highest BCUT2D eigenvalue weighted by molar-refractivity contribution is 7.91. The van der Waals surface area contributed by atoms with Crippen LogP contribution in [-0.4, -0.2) is 31.7 Å². The van der Waals surface area contributed by atoms with Crippen molar-refractivity contribution >= 4 is 33.0 Å². The van der Waals surface area contributed by atoms with Gasteiger partial charge in [-0.2, -0.15) is 0 Å². The molecule has 1 fully saturated rings. The molecule has 1 heterocycles. The minimum atomic E-state index is -2.86. The Hall–Kier alpha value is 0.530. The predicted molar refractivity (Wildman–Crippen MR) is 84.0 cm³/mol. The monoisotopic (exact) mass is 328 g/mol. The third-order valence-electron chi connectivity index (χ3n) is 4.41. The van der Waals surface area contributed by atoms with Crippen molar-refractivity contribution < 1.29 is 8.42 Å². The maximum Gasteiger partial charge on any atom is 0.150 e. The second-order valence-corrected chi connectivity index (χ2v) is 8.66. The molecular formula is C14H26Cl2O2S. The van der Waals surface area contributed by atoms with Crippen LogP contribution in [-0.2, 0) is 9.84 Å². The summed E-state index contributed by atoms with van der Waals surface area (Å²) < 4.78 is 23.3. The van der Waals surface area contributed by atoms with E-state index in [1.165, 1.54) is 25.7 Å². The normalized spacial score (nSPS) is 22.8. The van der Waals surface area contributed by atoms with Crippen LogP contribution in [0.2, 0.25) is 0 Å². The van der Waals surface area contributed by atoms with Crippen LogP contribution >= 0.6 is 23.2 Å². The van der Waals surface area contributed by atoms with Crippen molar-refractivity contribution in [3.05, 3.63) is 0 Å². The average Bonchev–Trinajstić information content (AvgIpc) is 2.75. The van der Waals surface area contributed by atoms with Crippen molar-refractivity contribution in [2.45, 2.75) is 51.9 Å². The second kappa shape index (κ2) is 8.09. The molecule has 1 rings (SSSR count). The molecule has 0 radical (unpaired) electrons. The molecule has 0 aromatic carbocycles. The summed E-state index contributed by atoms with van der Waals surface area (Å²) in [5.41, 5.74) is -0.182. The van der Waals surface area contributed by atoms with Crippen LogP contribution in [0.1, 0.15) is 51.9 Å². The van der Waals surface area contributed by atoms with E-state index in [1.807, 2.05) is 0 Å². The minimum Gasteiger partial charge on any atom is -0.229 e. The van der Waals surface area contributed by atoms with Gasteiger partial charge in [-0.15, -0.1) is 23.2 Å². The van der Waals surface area contributed by atoms with E-state index in [0.717, 1.165) is 19.3 Å². The smallest absolute Gasteiger partial charge is 0.150 e. The standard InChI is InChI=1S/C14H26Cl2O2S/c1-2-3-4-5-6-8-14(11-15,12-16)13-7-9-19(17,18)10-13/h13H,2-12H2,1H3. The Morgan fingerprint density at radius 2 is 1.74 bits per heavy atom. The summed E-state index contributed by atoms with van der Waals surface area (Å²) in [6.07, 6.45) is 7.75. The van der Waals surface area contributed by atoms with Gasteiger partial charge in [0, 0.05) is 17.2 Å². The number of rotatable bonds is 9. The van der Waals surface area contributed by atoms with Crippen LogP contribution in [0.4, 0.5) is 0 Å². The van der Waals surface area contributed by atoms with Crippen LogP contribution in [0.5, 0.6) is 0 Å². The van der Waals surface area contributed by atoms with E-state index in [-0.39, 0.29) is 17.1 Å². The molecule has 1 aliphatic rings. The molecule has 0 saturated carbocycles. The fraction of sp³-hybridized carbons (Fsp3) is 1.00. The van der Waals surface area contributed by atoms with E-state index in [4.69, 9.17) is 23.2 Å². The van der Waals surface area contributed by atoms with Gasteiger partial charge >= 0.3 is 0 Å². The first-order valence-electron chi connectivity index (χ1n) is 7.32. The van der Waals surface area contributed by atoms with Crippen molar-refractivity contribution in [1.29, 1.82) is 0 Å². The van der Waals surface area contributed by atoms with E-state index >= 15 is 0 Å². The summed E-state index contributed by atoms with van der Waals surface area (Å²) in [4.78, 5) is 0. The van der Waals surface area contributed by atoms with Crippen LogP contribution in [0.15, 0.2) is 0 Å². The topological polar surface area (TPSA) is 34.1 Å². The minimum absolute atomic E-state index is 0.152. The van der Waals surface area contributed by atoms with E-state index < -0.39 is 9.84 Å². The van der Waals surface area contributed by atoms with Crippen molar-refractivity contribution in [2.75, 3.05) is 23.3 Å². The van der Waals surface area contributed by atoms with Gasteiger partial charge in [-0.05, 0) is 18.8 Å². The van der Waals surface area contributed by atoms with Gasteiger partial charge in [0.1, 0.15) is 0 Å². The number of halogens is 2. The Bertz CT molecular complexity index is 350. The van der Waals surface area contributed by atoms with Crippen molar-refractivity contribution in [3.63, 3.8) is 0 Å². The van der Waals surface area contributed by atoms with E-state index in [1.54, 1.807) is 0 Å². The van der Waals surface area contributed by atoms with Crippen molar-refractivity contribution in [3.8, 4) is 0 Å². The van der Waals surface area contributed by atoms with Gasteiger partial charge in [-0.25, -0.2) is 8.42 Å². The first kappa shape index (κ1) is 17.6. The summed E-state index contributed by atoms with van der Waals surface area (Å²) in [7, 11) is -2.86. The van der Waals surface area contributed by atoms with Crippen LogP contribution < -0.4 is 0 Å². The lowest BCUT2D eigenvalue weighted by Crippen LogP contribution is -2.35. The zero-order valence-electron chi connectivity index (χ0n) is 11.8. The van der Waals surface area contributed by atoms with Gasteiger partial charge in [-0.3, -0.25) is 0 Å². The molecule has 0 aromatic rings. The number of unbranched alkanes of at least 4 members (excludes halogenated alkanes) is 4. The van der Waals surface area contributed by atoms with Crippen molar-refractivity contribution in [1.82, 2.24) is 0 Å². The SMILES string of the molecule is CCCCCCCC(CCl)(CCl)C1CCS(=O)(=O)C1. The predicted octanol–water partition coefficient (Wildman–Crippen LogP) is 4.25. The third-order valence-corrected chi connectivity index (χ3v) is 7.24. The fourth-order valence-electron chi connectivity index (χ4n) is 2.95. The average molecular weight is 329 g/mol. The number of hydrogen-bond donors (Lipinski definition) is 0. The molecule has 1 unspecified atom stereocenters. The highest BCUT2D eigenvalue weighted by Gasteiger charge is 2.43. The Balaban J connectivity index is 2.54. The zero-order chi connectivity index (χ0) is 14.4. The number of sulfone groups is 1. The third kappa shape index (κ3) is 5.09. The molecule has 1 atom stereocenters. The quantitative estimate of drug-likeness (QED) is 0.468. The summed E-state index contributed by atoms with van der Waals surface area (Å²) >= 11 is 12.3. The Morgan fingerprint density at radius 3 is 2.21 bits per heavy atom. The molecule has 0 N–H and O–H groups in total. The molecule has 19 heavy (non-hydrogen) atoms. The van der Waals surface area contributed by atoms with Crippen LogP contribution in [0, 0.1) is 11.3 Å². The lowest BCUT2D eigenvalue weighted by atomic mass is 9.74. The van der Waals surface area contributed by atoms with Gasteiger partial charge in [0.05, 0.1) is 11.5 Å². The summed E-state index contributed by atoms with van der Waals surface area (Å²) in [5.74, 6) is 1.69. The van der Waals surface area contributed by atoms with E-state index in [2.05, 4.69) is 6.92 Å². The van der Waals surface area contributed by atoms with Gasteiger partial charge < -0.3 is 0 Å². The van der Waals surface area contributed by atoms with Crippen LogP contribution in [0.3, 0.4) is 0 Å². The van der Waals surface area contributed by atoms with Gasteiger partial charge in [0.2, 0.25) is 0 Å². The summed E-state index contributed by atoms with van der Waals surface area (Å²) in [5, 5.41) is 0. The summed E-state index contributed by atoms with van der Waals surface area (Å²) in [6, 6.07) is 0. The Kier molecular flexibility index (Phi) is 7.49. The molecule has 5 heteroatoms. The highest BCUT2D eigenvalue weighted by atomic mass is 35.5. The van der Waals surface area contributed by atoms with Crippen molar-refractivity contribution in [2.24, 2.45) is 11.3 Å². The Labute approximate surface area is 128 Å². The fourth-order valence-corrected chi connectivity index (χ4v) is 5.88. The molecular weight excluding hydrogens is 303 g/mol.